The summed E-state index contributed by atoms with van der Waals surface area (Å²) < 4.78 is 29.9. The number of nitrogens with two attached hydrogens (primary N) is 1. The first-order valence-corrected chi connectivity index (χ1v) is 15.2. The number of fused-ring (bicyclic) bond motifs is 1. The molecule has 2 heterocycles. The van der Waals surface area contributed by atoms with E-state index >= 15 is 0 Å². The number of piperazine rings is 1. The number of nitrogens with one attached hydrogen (secondary N) is 1. The molecule has 2 fully saturated rings. The summed E-state index contributed by atoms with van der Waals surface area (Å²) in [5.74, 6) is 0.802. The molecular weight excluding hydrogens is 522 g/mol. The summed E-state index contributed by atoms with van der Waals surface area (Å²) in [6, 6.07) is 20.9. The van der Waals surface area contributed by atoms with Crippen molar-refractivity contribution < 1.29 is 13.2 Å². The minimum absolute atomic E-state index is 0.0303. The normalized spacial score (nSPS) is 18.1. The van der Waals surface area contributed by atoms with Gasteiger partial charge in [-0.1, -0.05) is 24.3 Å². The number of pyridine rings is 1. The van der Waals surface area contributed by atoms with E-state index in [1.807, 2.05) is 35.2 Å². The summed E-state index contributed by atoms with van der Waals surface area (Å²) in [7, 11) is -3.99. The van der Waals surface area contributed by atoms with Crippen LogP contribution in [0.2, 0.25) is 0 Å². The SMILES string of the molecule is C[C@@H]1CN(CC2CC2)CCN1C(=O)c1ccc(NS(=O)(=O)c2ccc(N)cc2-c2cccc3cccnc23)cc1. The van der Waals surface area contributed by atoms with Gasteiger partial charge in [0, 0.05) is 71.9 Å². The molecule has 1 atom stereocenters. The van der Waals surface area contributed by atoms with Gasteiger partial charge in [0.15, 0.2) is 0 Å². The third kappa shape index (κ3) is 5.39. The van der Waals surface area contributed by atoms with Crippen molar-refractivity contribution in [2.45, 2.75) is 30.7 Å². The van der Waals surface area contributed by atoms with Crippen LogP contribution < -0.4 is 10.5 Å². The first kappa shape index (κ1) is 26.3. The molecule has 0 bridgehead atoms. The maximum Gasteiger partial charge on any atom is 0.262 e. The molecule has 1 aliphatic carbocycles. The summed E-state index contributed by atoms with van der Waals surface area (Å²) in [5.41, 5.74) is 9.29. The molecule has 3 N–H and O–H groups in total. The molecule has 1 saturated heterocycles. The van der Waals surface area contributed by atoms with Gasteiger partial charge in [0.05, 0.1) is 10.4 Å². The molecule has 0 radical (unpaired) electrons. The van der Waals surface area contributed by atoms with Crippen LogP contribution >= 0.6 is 0 Å². The van der Waals surface area contributed by atoms with Gasteiger partial charge in [0.1, 0.15) is 0 Å². The van der Waals surface area contributed by atoms with Crippen LogP contribution in [0.1, 0.15) is 30.1 Å². The average molecular weight is 556 g/mol. The molecule has 40 heavy (non-hydrogen) atoms. The summed E-state index contributed by atoms with van der Waals surface area (Å²) in [5, 5.41) is 0.901. The van der Waals surface area contributed by atoms with Crippen LogP contribution in [-0.2, 0) is 10.0 Å². The largest absolute Gasteiger partial charge is 0.399 e. The first-order chi connectivity index (χ1) is 19.3. The van der Waals surface area contributed by atoms with E-state index in [1.54, 1.807) is 42.6 Å². The second-order valence-corrected chi connectivity index (χ2v) is 12.5. The highest BCUT2D eigenvalue weighted by atomic mass is 32.2. The van der Waals surface area contributed by atoms with Crippen molar-refractivity contribution in [3.63, 3.8) is 0 Å². The van der Waals surface area contributed by atoms with E-state index in [1.165, 1.54) is 18.9 Å². The number of anilines is 2. The van der Waals surface area contributed by atoms with Gasteiger partial charge in [-0.2, -0.15) is 0 Å². The van der Waals surface area contributed by atoms with Gasteiger partial charge in [-0.25, -0.2) is 8.42 Å². The van der Waals surface area contributed by atoms with Crippen LogP contribution in [0.3, 0.4) is 0 Å². The summed E-state index contributed by atoms with van der Waals surface area (Å²) in [6.07, 6.45) is 4.33. The molecule has 3 aromatic carbocycles. The third-order valence-electron chi connectivity index (χ3n) is 7.79. The minimum Gasteiger partial charge on any atom is -0.399 e. The van der Waals surface area contributed by atoms with Crippen molar-refractivity contribution in [3.05, 3.63) is 84.6 Å². The minimum atomic E-state index is -3.99. The molecule has 1 saturated carbocycles. The van der Waals surface area contributed by atoms with E-state index in [9.17, 15) is 13.2 Å². The molecule has 4 aromatic rings. The lowest BCUT2D eigenvalue weighted by molar-refractivity contribution is 0.0481. The van der Waals surface area contributed by atoms with Crippen LogP contribution in [0, 0.1) is 5.92 Å². The molecule has 1 amide bonds. The van der Waals surface area contributed by atoms with E-state index in [0.717, 1.165) is 30.9 Å². The number of nitrogens with zero attached hydrogens (tertiary/aromatic N) is 3. The maximum absolute atomic E-state index is 13.6. The van der Waals surface area contributed by atoms with Crippen molar-refractivity contribution >= 4 is 38.2 Å². The third-order valence-corrected chi connectivity index (χ3v) is 9.23. The Labute approximate surface area is 234 Å². The topological polar surface area (TPSA) is 109 Å². The fourth-order valence-electron chi connectivity index (χ4n) is 5.54. The summed E-state index contributed by atoms with van der Waals surface area (Å²) in [4.78, 5) is 22.2. The zero-order valence-electron chi connectivity index (χ0n) is 22.5. The molecule has 8 nitrogen and oxygen atoms in total. The number of sulfonamides is 1. The van der Waals surface area contributed by atoms with Gasteiger partial charge in [-0.3, -0.25) is 19.4 Å². The van der Waals surface area contributed by atoms with E-state index in [4.69, 9.17) is 5.73 Å². The highest BCUT2D eigenvalue weighted by molar-refractivity contribution is 7.92. The Morgan fingerprint density at radius 3 is 2.52 bits per heavy atom. The average Bonchev–Trinajstić information content (AvgIpc) is 3.76. The van der Waals surface area contributed by atoms with Crippen LogP contribution in [-0.4, -0.2) is 61.3 Å². The lowest BCUT2D eigenvalue weighted by Crippen LogP contribution is -2.54. The predicted molar refractivity (Wildman–Crippen MR) is 159 cm³/mol. The Hall–Kier alpha value is -3.95. The van der Waals surface area contributed by atoms with Crippen molar-refractivity contribution in [1.82, 2.24) is 14.8 Å². The van der Waals surface area contributed by atoms with Crippen molar-refractivity contribution in [2.24, 2.45) is 5.92 Å². The van der Waals surface area contributed by atoms with Gasteiger partial charge in [0.25, 0.3) is 15.9 Å². The van der Waals surface area contributed by atoms with E-state index < -0.39 is 10.0 Å². The number of amides is 1. The standard InChI is InChI=1S/C31H33N5O3S/c1-21-19-35(20-22-7-8-22)16-17-36(21)31(37)24-9-12-26(13-10-24)34-40(38,39)29-14-11-25(32)18-28(29)27-6-2-4-23-5-3-15-33-30(23)27/h2-6,9-15,18,21-22,34H,7-8,16-17,19-20,32H2,1H3/t21-/m1/s1. The van der Waals surface area contributed by atoms with Gasteiger partial charge in [-0.15, -0.1) is 0 Å². The van der Waals surface area contributed by atoms with Crippen LogP contribution in [0.4, 0.5) is 11.4 Å². The number of hydrogen-bond donors (Lipinski definition) is 2. The number of para-hydroxylation sites is 1. The second kappa shape index (κ2) is 10.6. The zero-order valence-corrected chi connectivity index (χ0v) is 23.3. The van der Waals surface area contributed by atoms with Crippen LogP contribution in [0.15, 0.2) is 83.9 Å². The highest BCUT2D eigenvalue weighted by Gasteiger charge is 2.31. The summed E-state index contributed by atoms with van der Waals surface area (Å²) >= 11 is 0. The van der Waals surface area contributed by atoms with Gasteiger partial charge >= 0.3 is 0 Å². The summed E-state index contributed by atoms with van der Waals surface area (Å²) in [6.45, 7) is 5.70. The van der Waals surface area contributed by atoms with Crippen molar-refractivity contribution in [1.29, 1.82) is 0 Å². The van der Waals surface area contributed by atoms with E-state index in [0.29, 0.717) is 40.1 Å². The Kier molecular flexibility index (Phi) is 6.93. The molecule has 0 spiro atoms. The molecule has 206 valence electrons. The number of rotatable bonds is 7. The van der Waals surface area contributed by atoms with Crippen molar-refractivity contribution in [2.75, 3.05) is 36.6 Å². The number of nitrogen functional groups attached to an aromatic ring is 1. The molecule has 1 aromatic heterocycles. The molecule has 0 unspecified atom stereocenters. The number of carbonyl (C=O) groups excluding carboxylic acids is 1. The second-order valence-electron chi connectivity index (χ2n) is 10.9. The van der Waals surface area contributed by atoms with Gasteiger partial charge in [-0.05, 0) is 74.2 Å². The fourth-order valence-corrected chi connectivity index (χ4v) is 6.80. The lowest BCUT2D eigenvalue weighted by Gasteiger charge is -2.40. The quantitative estimate of drug-likeness (QED) is 0.316. The zero-order chi connectivity index (χ0) is 27.9. The number of benzene rings is 3. The lowest BCUT2D eigenvalue weighted by atomic mass is 10.0. The van der Waals surface area contributed by atoms with E-state index in [-0.39, 0.29) is 16.8 Å². The fraction of sp³-hybridized carbons (Fsp3) is 0.290. The Bertz CT molecular complexity index is 1660. The van der Waals surface area contributed by atoms with E-state index in [2.05, 4.69) is 21.5 Å². The Morgan fingerprint density at radius 1 is 1.00 bits per heavy atom. The number of aromatic nitrogens is 1. The monoisotopic (exact) mass is 555 g/mol. The smallest absolute Gasteiger partial charge is 0.262 e. The molecule has 9 heteroatoms. The number of hydrogen-bond acceptors (Lipinski definition) is 6. The highest BCUT2D eigenvalue weighted by Crippen LogP contribution is 2.35. The van der Waals surface area contributed by atoms with Crippen LogP contribution in [0.25, 0.3) is 22.0 Å². The first-order valence-electron chi connectivity index (χ1n) is 13.7. The van der Waals surface area contributed by atoms with Crippen LogP contribution in [0.5, 0.6) is 0 Å². The van der Waals surface area contributed by atoms with Gasteiger partial charge in [0.2, 0.25) is 0 Å². The predicted octanol–water partition coefficient (Wildman–Crippen LogP) is 4.84. The van der Waals surface area contributed by atoms with Crippen molar-refractivity contribution in [3.8, 4) is 11.1 Å². The Morgan fingerprint density at radius 2 is 1.77 bits per heavy atom. The molecule has 6 rings (SSSR count). The number of carbonyl (C=O) groups is 1. The van der Waals surface area contributed by atoms with Gasteiger partial charge < -0.3 is 10.6 Å². The molecular formula is C31H33N5O3S. The molecule has 1 aliphatic heterocycles. The maximum atomic E-state index is 13.6. The Balaban J connectivity index is 1.21. The molecule has 2 aliphatic rings.